The number of rotatable bonds is 6. The van der Waals surface area contributed by atoms with Crippen LogP contribution in [0.4, 0.5) is 0 Å². The molecule has 1 aromatic carbocycles. The molecule has 276 valence electrons. The molecule has 50 heavy (non-hydrogen) atoms. The Balaban J connectivity index is 0.00000239. The van der Waals surface area contributed by atoms with E-state index in [0.29, 0.717) is 45.5 Å². The van der Waals surface area contributed by atoms with Crippen molar-refractivity contribution in [3.05, 3.63) is 41.5 Å². The molecule has 0 radical (unpaired) electrons. The maximum Gasteiger partial charge on any atom is 0.331 e. The summed E-state index contributed by atoms with van der Waals surface area (Å²) in [6.45, 7) is 21.6. The minimum absolute atomic E-state index is 0.105. The summed E-state index contributed by atoms with van der Waals surface area (Å²) in [6.07, 6.45) is 19.6. The van der Waals surface area contributed by atoms with Gasteiger partial charge in [0.25, 0.3) is 0 Å². The van der Waals surface area contributed by atoms with E-state index in [2.05, 4.69) is 47.6 Å². The average molecular weight is 689 g/mol. The lowest BCUT2D eigenvalue weighted by atomic mass is 9.38. The van der Waals surface area contributed by atoms with Crippen molar-refractivity contribution in [1.29, 1.82) is 0 Å². The molecule has 9 atom stereocenters. The Bertz CT molecular complexity index is 1500. The van der Waals surface area contributed by atoms with Crippen LogP contribution in [0, 0.1) is 51.2 Å². The molecule has 0 heterocycles. The van der Waals surface area contributed by atoms with Gasteiger partial charge in [0.15, 0.2) is 11.5 Å². The van der Waals surface area contributed by atoms with Crippen LogP contribution in [0.1, 0.15) is 145 Å². The highest BCUT2D eigenvalue weighted by Crippen LogP contribution is 2.71. The third-order valence-electron chi connectivity index (χ3n) is 14.4. The summed E-state index contributed by atoms with van der Waals surface area (Å²) in [7, 11) is 0. The Morgan fingerprint density at radius 1 is 0.840 bits per heavy atom. The number of ether oxygens (including phenoxy) is 3. The van der Waals surface area contributed by atoms with Crippen LogP contribution in [-0.2, 0) is 19.1 Å². The van der Waals surface area contributed by atoms with Crippen molar-refractivity contribution in [2.45, 2.75) is 146 Å². The van der Waals surface area contributed by atoms with Crippen molar-refractivity contribution in [3.8, 4) is 11.5 Å². The summed E-state index contributed by atoms with van der Waals surface area (Å²) in [5.74, 6) is 1.86. The SMILES string of the molecule is CC.CCC12CCC3C(=CCC4C3(C)CCC3C(C)C(OC(=O)/C=C/c5ccc(OC(C)=O)c(OC(C)=O)c5)CCC34C)C1CC(C)(C)CC2. The van der Waals surface area contributed by atoms with Crippen molar-refractivity contribution < 1.29 is 28.6 Å². The van der Waals surface area contributed by atoms with E-state index in [1.165, 1.54) is 77.7 Å². The van der Waals surface area contributed by atoms with Gasteiger partial charge in [0.2, 0.25) is 0 Å². The van der Waals surface area contributed by atoms with Crippen LogP contribution in [0.15, 0.2) is 35.9 Å². The number of benzene rings is 1. The Morgan fingerprint density at radius 2 is 1.52 bits per heavy atom. The van der Waals surface area contributed by atoms with Crippen LogP contribution in [-0.4, -0.2) is 24.0 Å². The fourth-order valence-corrected chi connectivity index (χ4v) is 11.9. The molecule has 0 aliphatic heterocycles. The highest BCUT2D eigenvalue weighted by Gasteiger charge is 2.63. The highest BCUT2D eigenvalue weighted by atomic mass is 16.6. The molecule has 6 heteroatoms. The molecule has 4 saturated carbocycles. The van der Waals surface area contributed by atoms with E-state index in [0.717, 1.165) is 18.8 Å². The standard InChI is InChI=1S/C42H58O6.C2H6/c1-9-42-21-17-32-30(33(42)25-39(5,6)22-23-42)12-14-37-40(7)20-18-34(26(2)31(40)16-19-41(32,37)8)48-38(45)15-11-29-10-13-35(46-27(3)43)36(24-29)47-28(4)44;1-2/h10-13,15,24,26,31-34,37H,9,14,16-23,25H2,1-8H3;1-2H3/b15-11+;. The molecule has 0 saturated heterocycles. The van der Waals surface area contributed by atoms with E-state index < -0.39 is 11.9 Å². The van der Waals surface area contributed by atoms with Crippen molar-refractivity contribution in [1.82, 2.24) is 0 Å². The van der Waals surface area contributed by atoms with Gasteiger partial charge in [-0.05, 0) is 146 Å². The number of fused-ring (bicyclic) bond motifs is 7. The Labute approximate surface area is 302 Å². The van der Waals surface area contributed by atoms with Gasteiger partial charge in [0.1, 0.15) is 6.10 Å². The topological polar surface area (TPSA) is 78.9 Å². The lowest BCUT2D eigenvalue weighted by Gasteiger charge is -2.67. The second-order valence-corrected chi connectivity index (χ2v) is 17.5. The highest BCUT2D eigenvalue weighted by molar-refractivity contribution is 5.87. The van der Waals surface area contributed by atoms with Crippen LogP contribution in [0.3, 0.4) is 0 Å². The quantitative estimate of drug-likeness (QED) is 0.128. The summed E-state index contributed by atoms with van der Waals surface area (Å²) in [4.78, 5) is 36.2. The lowest BCUT2D eigenvalue weighted by Crippen LogP contribution is -2.59. The molecule has 1 aromatic rings. The number of allylic oxidation sites excluding steroid dienone is 2. The van der Waals surface area contributed by atoms with Crippen LogP contribution < -0.4 is 9.47 Å². The Hall–Kier alpha value is -2.89. The molecule has 4 fully saturated rings. The number of carbonyl (C=O) groups is 3. The molecule has 6 nitrogen and oxygen atoms in total. The molecule has 5 aliphatic rings. The molecule has 5 aliphatic carbocycles. The second kappa shape index (κ2) is 14.6. The normalized spacial score (nSPS) is 37.0. The van der Waals surface area contributed by atoms with Gasteiger partial charge in [0, 0.05) is 19.9 Å². The first-order valence-corrected chi connectivity index (χ1v) is 19.7. The van der Waals surface area contributed by atoms with Crippen LogP contribution >= 0.6 is 0 Å². The summed E-state index contributed by atoms with van der Waals surface area (Å²) >= 11 is 0. The van der Waals surface area contributed by atoms with E-state index in [1.807, 2.05) is 19.4 Å². The number of hydrogen-bond acceptors (Lipinski definition) is 6. The van der Waals surface area contributed by atoms with E-state index in [4.69, 9.17) is 14.2 Å². The zero-order chi connectivity index (χ0) is 36.6. The summed E-state index contributed by atoms with van der Waals surface area (Å²) < 4.78 is 16.5. The fraction of sp³-hybridized carbons (Fsp3) is 0.705. The minimum Gasteiger partial charge on any atom is -0.459 e. The van der Waals surface area contributed by atoms with E-state index in [9.17, 15) is 14.4 Å². The molecule has 0 bridgehead atoms. The van der Waals surface area contributed by atoms with Gasteiger partial charge in [0.05, 0.1) is 0 Å². The van der Waals surface area contributed by atoms with Gasteiger partial charge in [-0.1, -0.05) is 73.1 Å². The van der Waals surface area contributed by atoms with Gasteiger partial charge >= 0.3 is 17.9 Å². The first-order chi connectivity index (χ1) is 23.6. The van der Waals surface area contributed by atoms with E-state index in [1.54, 1.807) is 24.3 Å². The zero-order valence-corrected chi connectivity index (χ0v) is 32.7. The molecule has 0 N–H and O–H groups in total. The average Bonchev–Trinajstić information content (AvgIpc) is 3.06. The molecule has 0 aromatic heterocycles. The maximum absolute atomic E-state index is 13.1. The van der Waals surface area contributed by atoms with Gasteiger partial charge < -0.3 is 14.2 Å². The number of carbonyl (C=O) groups excluding carboxylic acids is 3. The zero-order valence-electron chi connectivity index (χ0n) is 32.7. The molecule has 0 spiro atoms. The Morgan fingerprint density at radius 3 is 2.20 bits per heavy atom. The van der Waals surface area contributed by atoms with Gasteiger partial charge in [-0.25, -0.2) is 4.79 Å². The van der Waals surface area contributed by atoms with Crippen LogP contribution in [0.2, 0.25) is 0 Å². The maximum atomic E-state index is 13.1. The monoisotopic (exact) mass is 688 g/mol. The predicted molar refractivity (Wildman–Crippen MR) is 199 cm³/mol. The summed E-state index contributed by atoms with van der Waals surface area (Å²) in [5.41, 5.74) is 4.03. The van der Waals surface area contributed by atoms with Gasteiger partial charge in [-0.15, -0.1) is 0 Å². The fourth-order valence-electron chi connectivity index (χ4n) is 11.9. The second-order valence-electron chi connectivity index (χ2n) is 17.5. The molecular formula is C44H64O6. The first kappa shape index (κ1) is 38.3. The molecule has 6 rings (SSSR count). The van der Waals surface area contributed by atoms with Crippen molar-refractivity contribution in [2.24, 2.45) is 51.2 Å². The number of hydrogen-bond donors (Lipinski definition) is 0. The van der Waals surface area contributed by atoms with Crippen LogP contribution in [0.5, 0.6) is 11.5 Å². The third-order valence-corrected chi connectivity index (χ3v) is 14.4. The Kier molecular flexibility index (Phi) is 11.2. The molecule has 9 unspecified atom stereocenters. The first-order valence-electron chi connectivity index (χ1n) is 19.7. The van der Waals surface area contributed by atoms with Crippen molar-refractivity contribution in [2.75, 3.05) is 0 Å². The van der Waals surface area contributed by atoms with Gasteiger partial charge in [-0.3, -0.25) is 9.59 Å². The van der Waals surface area contributed by atoms with E-state index in [-0.39, 0.29) is 29.0 Å². The van der Waals surface area contributed by atoms with Gasteiger partial charge in [-0.2, -0.15) is 0 Å². The molecular weight excluding hydrogens is 624 g/mol. The van der Waals surface area contributed by atoms with Crippen molar-refractivity contribution >= 4 is 24.0 Å². The van der Waals surface area contributed by atoms with E-state index >= 15 is 0 Å². The van der Waals surface area contributed by atoms with Crippen LogP contribution in [0.25, 0.3) is 6.08 Å². The predicted octanol–water partition coefficient (Wildman–Crippen LogP) is 10.9. The van der Waals surface area contributed by atoms with Crippen molar-refractivity contribution in [3.63, 3.8) is 0 Å². The smallest absolute Gasteiger partial charge is 0.331 e. The molecule has 0 amide bonds. The largest absolute Gasteiger partial charge is 0.459 e. The number of esters is 3. The minimum atomic E-state index is -0.527. The third kappa shape index (κ3) is 7.11. The lowest BCUT2D eigenvalue weighted by molar-refractivity contribution is -0.175. The summed E-state index contributed by atoms with van der Waals surface area (Å²) in [5, 5.41) is 0. The summed E-state index contributed by atoms with van der Waals surface area (Å²) in [6, 6.07) is 4.83.